The second-order valence-electron chi connectivity index (χ2n) is 6.59. The molecule has 0 amide bonds. The fraction of sp³-hybridized carbons (Fsp3) is 0.318. The van der Waals surface area contributed by atoms with Crippen LogP contribution in [0, 0.1) is 0 Å². The summed E-state index contributed by atoms with van der Waals surface area (Å²) in [5.74, 6) is 0.864. The van der Waals surface area contributed by atoms with Gasteiger partial charge >= 0.3 is 0 Å². The standard InChI is InChI=1S/C22H27NOS/c1-16(2)23(17(3)4)22(25)21-9-7-6-8-19(21)13-10-18-11-14-20(24-5)15-12-18/h6-17H,1-5H3/b13-10+. The smallest absolute Gasteiger partial charge is 0.118 e. The highest BCUT2D eigenvalue weighted by atomic mass is 32.1. The van der Waals surface area contributed by atoms with Crippen LogP contribution >= 0.6 is 12.2 Å². The Bertz CT molecular complexity index is 724. The largest absolute Gasteiger partial charge is 0.497 e. The molecule has 0 heterocycles. The highest BCUT2D eigenvalue weighted by Crippen LogP contribution is 2.20. The van der Waals surface area contributed by atoms with Gasteiger partial charge in [0.2, 0.25) is 0 Å². The Morgan fingerprint density at radius 2 is 1.52 bits per heavy atom. The van der Waals surface area contributed by atoms with Crippen molar-refractivity contribution in [2.45, 2.75) is 39.8 Å². The summed E-state index contributed by atoms with van der Waals surface area (Å²) in [4.78, 5) is 3.19. The summed E-state index contributed by atoms with van der Waals surface area (Å²) >= 11 is 5.82. The zero-order chi connectivity index (χ0) is 18.4. The van der Waals surface area contributed by atoms with E-state index in [-0.39, 0.29) is 0 Å². The van der Waals surface area contributed by atoms with Crippen LogP contribution in [-0.4, -0.2) is 29.1 Å². The van der Waals surface area contributed by atoms with E-state index < -0.39 is 0 Å². The molecule has 2 aromatic rings. The zero-order valence-corrected chi connectivity index (χ0v) is 16.5. The molecule has 0 fully saturated rings. The maximum Gasteiger partial charge on any atom is 0.118 e. The van der Waals surface area contributed by atoms with Gasteiger partial charge in [-0.25, -0.2) is 0 Å². The first-order chi connectivity index (χ1) is 11.9. The summed E-state index contributed by atoms with van der Waals surface area (Å²) in [5.41, 5.74) is 3.37. The summed E-state index contributed by atoms with van der Waals surface area (Å²) < 4.78 is 5.21. The van der Waals surface area contributed by atoms with Gasteiger partial charge in [-0.15, -0.1) is 0 Å². The number of hydrogen-bond donors (Lipinski definition) is 0. The van der Waals surface area contributed by atoms with Crippen LogP contribution in [0.5, 0.6) is 5.75 Å². The van der Waals surface area contributed by atoms with E-state index >= 15 is 0 Å². The van der Waals surface area contributed by atoms with Crippen LogP contribution in [0.1, 0.15) is 44.4 Å². The normalized spacial score (nSPS) is 11.3. The first kappa shape index (κ1) is 19.2. The topological polar surface area (TPSA) is 12.5 Å². The number of nitrogens with zero attached hydrogens (tertiary/aromatic N) is 1. The van der Waals surface area contributed by atoms with Gasteiger partial charge in [0.25, 0.3) is 0 Å². The van der Waals surface area contributed by atoms with Crippen molar-refractivity contribution >= 4 is 29.4 Å². The Labute approximate surface area is 157 Å². The lowest BCUT2D eigenvalue weighted by molar-refractivity contribution is 0.298. The van der Waals surface area contributed by atoms with Crippen molar-refractivity contribution in [3.05, 3.63) is 65.2 Å². The van der Waals surface area contributed by atoms with E-state index in [0.29, 0.717) is 12.1 Å². The summed E-state index contributed by atoms with van der Waals surface area (Å²) in [6.45, 7) is 8.73. The van der Waals surface area contributed by atoms with Gasteiger partial charge in [-0.3, -0.25) is 0 Å². The predicted octanol–water partition coefficient (Wildman–Crippen LogP) is 5.66. The van der Waals surface area contributed by atoms with E-state index in [1.54, 1.807) is 7.11 Å². The zero-order valence-electron chi connectivity index (χ0n) is 15.7. The molecule has 25 heavy (non-hydrogen) atoms. The number of methoxy groups -OCH3 is 1. The summed E-state index contributed by atoms with van der Waals surface area (Å²) in [6, 6.07) is 17.1. The Kier molecular flexibility index (Phi) is 6.77. The van der Waals surface area contributed by atoms with E-state index in [2.05, 4.69) is 62.9 Å². The number of rotatable bonds is 6. The number of hydrogen-bond acceptors (Lipinski definition) is 2. The second-order valence-corrected chi connectivity index (χ2v) is 6.98. The van der Waals surface area contributed by atoms with Crippen LogP contribution in [0.3, 0.4) is 0 Å². The van der Waals surface area contributed by atoms with Gasteiger partial charge in [0.15, 0.2) is 0 Å². The van der Waals surface area contributed by atoms with Gasteiger partial charge < -0.3 is 9.64 Å². The highest BCUT2D eigenvalue weighted by Gasteiger charge is 2.19. The molecular formula is C22H27NOS. The molecule has 0 unspecified atom stereocenters. The molecule has 0 N–H and O–H groups in total. The predicted molar refractivity (Wildman–Crippen MR) is 112 cm³/mol. The maximum atomic E-state index is 5.82. The lowest BCUT2D eigenvalue weighted by atomic mass is 10.0. The van der Waals surface area contributed by atoms with E-state index in [1.165, 1.54) is 0 Å². The molecule has 0 atom stereocenters. The molecular weight excluding hydrogens is 326 g/mol. The third-order valence-electron chi connectivity index (χ3n) is 4.11. The Hall–Kier alpha value is -2.13. The van der Waals surface area contributed by atoms with E-state index in [1.807, 2.05) is 30.3 Å². The van der Waals surface area contributed by atoms with Crippen LogP contribution in [0.25, 0.3) is 12.2 Å². The van der Waals surface area contributed by atoms with Crippen molar-refractivity contribution in [2.75, 3.05) is 7.11 Å². The molecule has 0 saturated carbocycles. The molecule has 0 radical (unpaired) electrons. The lowest BCUT2D eigenvalue weighted by Crippen LogP contribution is -2.41. The van der Waals surface area contributed by atoms with Gasteiger partial charge in [-0.1, -0.05) is 60.8 Å². The lowest BCUT2D eigenvalue weighted by Gasteiger charge is -2.34. The summed E-state index contributed by atoms with van der Waals surface area (Å²) in [7, 11) is 1.68. The molecule has 2 rings (SSSR count). The van der Waals surface area contributed by atoms with Crippen molar-refractivity contribution < 1.29 is 4.74 Å². The fourth-order valence-electron chi connectivity index (χ4n) is 2.94. The number of benzene rings is 2. The van der Waals surface area contributed by atoms with Crippen molar-refractivity contribution in [1.29, 1.82) is 0 Å². The fourth-order valence-corrected chi connectivity index (χ4v) is 3.55. The molecule has 2 aromatic carbocycles. The van der Waals surface area contributed by atoms with Gasteiger partial charge in [-0.05, 0) is 51.0 Å². The third kappa shape index (κ3) is 4.93. The maximum absolute atomic E-state index is 5.82. The van der Waals surface area contributed by atoms with Crippen molar-refractivity contribution in [2.24, 2.45) is 0 Å². The monoisotopic (exact) mass is 353 g/mol. The van der Waals surface area contributed by atoms with Crippen molar-refractivity contribution in [3.8, 4) is 5.75 Å². The average molecular weight is 354 g/mol. The Balaban J connectivity index is 2.30. The van der Waals surface area contributed by atoms with Gasteiger partial charge in [0, 0.05) is 17.6 Å². The van der Waals surface area contributed by atoms with Gasteiger partial charge in [0.1, 0.15) is 10.7 Å². The van der Waals surface area contributed by atoms with Crippen LogP contribution in [0.4, 0.5) is 0 Å². The van der Waals surface area contributed by atoms with Gasteiger partial charge in [0.05, 0.1) is 7.11 Å². The number of thiocarbonyl (C=S) groups is 1. The van der Waals surface area contributed by atoms with Crippen molar-refractivity contribution in [3.63, 3.8) is 0 Å². The SMILES string of the molecule is COc1ccc(/C=C/c2ccccc2C(=S)N(C(C)C)C(C)C)cc1. The minimum atomic E-state index is 0.367. The van der Waals surface area contributed by atoms with Gasteiger partial charge in [-0.2, -0.15) is 0 Å². The first-order valence-electron chi connectivity index (χ1n) is 8.68. The van der Waals surface area contributed by atoms with E-state index in [4.69, 9.17) is 17.0 Å². The van der Waals surface area contributed by atoms with Crippen LogP contribution < -0.4 is 4.74 Å². The minimum absolute atomic E-state index is 0.367. The molecule has 0 aliphatic rings. The molecule has 132 valence electrons. The molecule has 0 aliphatic carbocycles. The van der Waals surface area contributed by atoms with Crippen LogP contribution in [-0.2, 0) is 0 Å². The van der Waals surface area contributed by atoms with Crippen molar-refractivity contribution in [1.82, 2.24) is 4.90 Å². The van der Waals surface area contributed by atoms with E-state index in [9.17, 15) is 0 Å². The molecule has 2 nitrogen and oxygen atoms in total. The summed E-state index contributed by atoms with van der Waals surface area (Å²) in [6.07, 6.45) is 4.23. The Morgan fingerprint density at radius 3 is 2.08 bits per heavy atom. The van der Waals surface area contributed by atoms with Crippen LogP contribution in [0.2, 0.25) is 0 Å². The molecule has 0 aliphatic heterocycles. The average Bonchev–Trinajstić information content (AvgIpc) is 2.60. The third-order valence-corrected chi connectivity index (χ3v) is 4.54. The van der Waals surface area contributed by atoms with Crippen LogP contribution in [0.15, 0.2) is 48.5 Å². The van der Waals surface area contributed by atoms with E-state index in [0.717, 1.165) is 27.4 Å². The quantitative estimate of drug-likeness (QED) is 0.491. The minimum Gasteiger partial charge on any atom is -0.497 e. The number of ether oxygens (including phenoxy) is 1. The first-order valence-corrected chi connectivity index (χ1v) is 9.08. The molecule has 0 bridgehead atoms. The molecule has 0 aromatic heterocycles. The molecule has 0 spiro atoms. The second kappa shape index (κ2) is 8.82. The summed E-state index contributed by atoms with van der Waals surface area (Å²) in [5, 5.41) is 0. The Morgan fingerprint density at radius 1 is 0.920 bits per heavy atom. The molecule has 0 saturated heterocycles. The molecule has 3 heteroatoms. The highest BCUT2D eigenvalue weighted by molar-refractivity contribution is 7.80.